The van der Waals surface area contributed by atoms with Crippen molar-refractivity contribution in [3.8, 4) is 22.9 Å². The van der Waals surface area contributed by atoms with Gasteiger partial charge in [-0.25, -0.2) is 9.78 Å². The highest BCUT2D eigenvalue weighted by Crippen LogP contribution is 2.43. The lowest BCUT2D eigenvalue weighted by molar-refractivity contribution is -0.148. The topological polar surface area (TPSA) is 92.0 Å². The maximum absolute atomic E-state index is 13.4. The van der Waals surface area contributed by atoms with Crippen LogP contribution in [0.15, 0.2) is 79.5 Å². The van der Waals surface area contributed by atoms with Crippen LogP contribution in [0.25, 0.3) is 22.3 Å². The number of benzene rings is 3. The Hall–Kier alpha value is -3.50. The number of carbonyl (C=O) groups excluding carboxylic acids is 1. The van der Waals surface area contributed by atoms with E-state index in [9.17, 15) is 9.59 Å². The Morgan fingerprint density at radius 3 is 2.51 bits per heavy atom. The molecule has 0 spiro atoms. The van der Waals surface area contributed by atoms with Crippen molar-refractivity contribution in [1.82, 2.24) is 9.66 Å². The Balaban J connectivity index is 1.84. The van der Waals surface area contributed by atoms with Crippen LogP contribution in [0.4, 0.5) is 0 Å². The van der Waals surface area contributed by atoms with Crippen molar-refractivity contribution in [2.24, 2.45) is 5.10 Å². The SMILES string of the molecule is CCOc1cc(C=Nn2c(-c3ccccc3)nc3ccccc3c2=O)c(Br)c(Br)c1O[C@@H](C)C(=O)OC. The highest BCUT2D eigenvalue weighted by molar-refractivity contribution is 9.13. The van der Waals surface area contributed by atoms with Gasteiger partial charge in [0.15, 0.2) is 23.4 Å². The molecule has 0 bridgehead atoms. The van der Waals surface area contributed by atoms with Crippen molar-refractivity contribution >= 4 is 54.9 Å². The van der Waals surface area contributed by atoms with E-state index in [0.717, 1.165) is 5.56 Å². The predicted octanol–water partition coefficient (Wildman–Crippen LogP) is 5.81. The van der Waals surface area contributed by atoms with Gasteiger partial charge in [0.2, 0.25) is 0 Å². The predicted molar refractivity (Wildman–Crippen MR) is 150 cm³/mol. The molecular weight excluding hydrogens is 606 g/mol. The molecule has 190 valence electrons. The Morgan fingerprint density at radius 1 is 1.11 bits per heavy atom. The summed E-state index contributed by atoms with van der Waals surface area (Å²) in [5, 5.41) is 4.99. The molecule has 4 aromatic rings. The molecule has 8 nitrogen and oxygen atoms in total. The zero-order chi connectivity index (χ0) is 26.5. The summed E-state index contributed by atoms with van der Waals surface area (Å²) in [4.78, 5) is 30.1. The summed E-state index contributed by atoms with van der Waals surface area (Å²) in [6.07, 6.45) is 0.678. The summed E-state index contributed by atoms with van der Waals surface area (Å²) in [6, 6.07) is 18.2. The second kappa shape index (κ2) is 11.7. The summed E-state index contributed by atoms with van der Waals surface area (Å²) >= 11 is 7.09. The van der Waals surface area contributed by atoms with E-state index in [1.54, 1.807) is 31.2 Å². The first-order valence-electron chi connectivity index (χ1n) is 11.4. The van der Waals surface area contributed by atoms with E-state index < -0.39 is 12.1 Å². The first-order chi connectivity index (χ1) is 17.8. The smallest absolute Gasteiger partial charge is 0.346 e. The number of rotatable bonds is 8. The van der Waals surface area contributed by atoms with Crippen LogP contribution in [-0.2, 0) is 9.53 Å². The van der Waals surface area contributed by atoms with Gasteiger partial charge in [-0.05, 0) is 63.9 Å². The van der Waals surface area contributed by atoms with Crippen LogP contribution in [0.3, 0.4) is 0 Å². The average Bonchev–Trinajstić information content (AvgIpc) is 2.92. The Labute approximate surface area is 230 Å². The molecule has 10 heteroatoms. The van der Waals surface area contributed by atoms with Crippen LogP contribution < -0.4 is 15.0 Å². The van der Waals surface area contributed by atoms with Crippen LogP contribution in [0.2, 0.25) is 0 Å². The second-order valence-electron chi connectivity index (χ2n) is 7.82. The Kier molecular flexibility index (Phi) is 8.40. The zero-order valence-electron chi connectivity index (χ0n) is 20.3. The lowest BCUT2D eigenvalue weighted by atomic mass is 10.2. The van der Waals surface area contributed by atoms with E-state index in [2.05, 4.69) is 37.0 Å². The summed E-state index contributed by atoms with van der Waals surface area (Å²) in [5.74, 6) is 0.612. The number of aromatic nitrogens is 2. The van der Waals surface area contributed by atoms with E-state index in [-0.39, 0.29) is 5.56 Å². The number of methoxy groups -OCH3 is 1. The molecule has 0 aliphatic heterocycles. The first kappa shape index (κ1) is 26.6. The van der Waals surface area contributed by atoms with Gasteiger partial charge in [0, 0.05) is 15.6 Å². The maximum atomic E-state index is 13.4. The van der Waals surface area contributed by atoms with Crippen molar-refractivity contribution < 1.29 is 19.0 Å². The lowest BCUT2D eigenvalue weighted by Gasteiger charge is -2.19. The number of hydrogen-bond acceptors (Lipinski definition) is 7. The first-order valence-corrected chi connectivity index (χ1v) is 12.9. The van der Waals surface area contributed by atoms with Crippen LogP contribution in [0, 0.1) is 0 Å². The van der Waals surface area contributed by atoms with Crippen molar-refractivity contribution in [1.29, 1.82) is 0 Å². The number of para-hydroxylation sites is 1. The molecule has 3 aromatic carbocycles. The number of halogens is 2. The number of fused-ring (bicyclic) bond motifs is 1. The third-order valence-electron chi connectivity index (χ3n) is 5.38. The fraction of sp³-hybridized carbons (Fsp3) is 0.185. The molecular formula is C27H23Br2N3O5. The van der Waals surface area contributed by atoms with E-state index >= 15 is 0 Å². The van der Waals surface area contributed by atoms with Gasteiger partial charge in [-0.15, -0.1) is 0 Å². The zero-order valence-corrected chi connectivity index (χ0v) is 23.4. The molecule has 0 aliphatic rings. The molecule has 0 N–H and O–H groups in total. The minimum absolute atomic E-state index is 0.298. The second-order valence-corrected chi connectivity index (χ2v) is 9.40. The maximum Gasteiger partial charge on any atom is 0.346 e. The highest BCUT2D eigenvalue weighted by atomic mass is 79.9. The Bertz CT molecular complexity index is 1540. The number of carbonyl (C=O) groups is 1. The molecule has 37 heavy (non-hydrogen) atoms. The third kappa shape index (κ3) is 5.60. The van der Waals surface area contributed by atoms with Crippen LogP contribution in [0.1, 0.15) is 19.4 Å². The molecule has 4 rings (SSSR count). The van der Waals surface area contributed by atoms with Gasteiger partial charge >= 0.3 is 5.97 Å². The van der Waals surface area contributed by atoms with Crippen LogP contribution >= 0.6 is 31.9 Å². The number of nitrogens with zero attached hydrogens (tertiary/aromatic N) is 3. The van der Waals surface area contributed by atoms with E-state index in [1.165, 1.54) is 18.0 Å². The van der Waals surface area contributed by atoms with E-state index in [4.69, 9.17) is 19.2 Å². The molecule has 0 saturated heterocycles. The van der Waals surface area contributed by atoms with Crippen LogP contribution in [0.5, 0.6) is 11.5 Å². The minimum Gasteiger partial charge on any atom is -0.490 e. The van der Waals surface area contributed by atoms with E-state index in [1.807, 2.05) is 43.3 Å². The normalized spacial score (nSPS) is 12.0. The summed E-state index contributed by atoms with van der Waals surface area (Å²) in [5.41, 5.74) is 1.64. The molecule has 0 unspecified atom stereocenters. The quantitative estimate of drug-likeness (QED) is 0.181. The average molecular weight is 629 g/mol. The number of hydrogen-bond donors (Lipinski definition) is 0. The monoisotopic (exact) mass is 627 g/mol. The van der Waals surface area contributed by atoms with Gasteiger partial charge in [0.1, 0.15) is 0 Å². The summed E-state index contributed by atoms with van der Waals surface area (Å²) < 4.78 is 18.8. The molecule has 1 heterocycles. The Morgan fingerprint density at radius 2 is 1.81 bits per heavy atom. The lowest BCUT2D eigenvalue weighted by Crippen LogP contribution is -2.25. The van der Waals surface area contributed by atoms with Gasteiger partial charge in [0.05, 0.1) is 35.3 Å². The summed E-state index contributed by atoms with van der Waals surface area (Å²) in [7, 11) is 1.30. The fourth-order valence-electron chi connectivity index (χ4n) is 3.59. The summed E-state index contributed by atoms with van der Waals surface area (Å²) in [6.45, 7) is 3.78. The molecule has 1 aromatic heterocycles. The number of ether oxygens (including phenoxy) is 3. The van der Waals surface area contributed by atoms with E-state index in [0.29, 0.717) is 49.3 Å². The standard InChI is InChI=1S/C27H23Br2N3O5/c1-4-36-21-14-18(22(28)23(29)24(21)37-16(2)27(34)35-3)15-30-32-25(17-10-6-5-7-11-17)31-20-13-9-8-12-19(20)26(32)33/h5-16H,4H2,1-3H3/t16-/m0/s1. The molecule has 0 radical (unpaired) electrons. The van der Waals surface area contributed by atoms with Crippen LogP contribution in [-0.4, -0.2) is 41.7 Å². The highest BCUT2D eigenvalue weighted by Gasteiger charge is 2.23. The van der Waals surface area contributed by atoms with Crippen molar-refractivity contribution in [3.05, 3.63) is 85.5 Å². The molecule has 0 amide bonds. The van der Waals surface area contributed by atoms with Gasteiger partial charge in [0.25, 0.3) is 5.56 Å². The molecule has 0 saturated carbocycles. The van der Waals surface area contributed by atoms with Crippen molar-refractivity contribution in [3.63, 3.8) is 0 Å². The van der Waals surface area contributed by atoms with Gasteiger partial charge in [-0.3, -0.25) is 4.79 Å². The molecule has 0 aliphatic carbocycles. The molecule has 0 fully saturated rings. The van der Waals surface area contributed by atoms with Gasteiger partial charge in [-0.2, -0.15) is 9.78 Å². The van der Waals surface area contributed by atoms with Crippen molar-refractivity contribution in [2.75, 3.05) is 13.7 Å². The number of esters is 1. The largest absolute Gasteiger partial charge is 0.490 e. The van der Waals surface area contributed by atoms with Gasteiger partial charge < -0.3 is 14.2 Å². The minimum atomic E-state index is -0.859. The van der Waals surface area contributed by atoms with Crippen molar-refractivity contribution in [2.45, 2.75) is 20.0 Å². The third-order valence-corrected chi connectivity index (χ3v) is 7.52. The fourth-order valence-corrected chi connectivity index (χ4v) is 4.50. The van der Waals surface area contributed by atoms with Gasteiger partial charge in [-0.1, -0.05) is 42.5 Å². The molecule has 1 atom stereocenters.